The third-order valence-corrected chi connectivity index (χ3v) is 2.93. The molecule has 0 spiro atoms. The highest BCUT2D eigenvalue weighted by atomic mass is 16.5. The van der Waals surface area contributed by atoms with E-state index in [1.165, 1.54) is 12.8 Å². The van der Waals surface area contributed by atoms with Crippen molar-refractivity contribution >= 4 is 0 Å². The molecule has 0 amide bonds. The van der Waals surface area contributed by atoms with E-state index in [1.807, 2.05) is 0 Å². The van der Waals surface area contributed by atoms with E-state index in [0.29, 0.717) is 6.54 Å². The van der Waals surface area contributed by atoms with Gasteiger partial charge in [-0.15, -0.1) is 0 Å². The fourth-order valence-corrected chi connectivity index (χ4v) is 2.06. The van der Waals surface area contributed by atoms with Crippen LogP contribution in [0.3, 0.4) is 0 Å². The molecule has 78 valence electrons. The first-order chi connectivity index (χ1) is 6.80. The van der Waals surface area contributed by atoms with Crippen LogP contribution in [0, 0.1) is 0 Å². The molecule has 1 aromatic heterocycles. The molecule has 14 heavy (non-hydrogen) atoms. The van der Waals surface area contributed by atoms with Gasteiger partial charge in [0, 0.05) is 7.11 Å². The average molecular weight is 196 g/mol. The number of aromatic amines is 1. The standard InChI is InChI=1S/C9H16N4O/c1-14-9(4-2-3-5-9)8-11-7(6-10)12-13-8/h2-6,10H2,1H3,(H,11,12,13). The van der Waals surface area contributed by atoms with Crippen molar-refractivity contribution in [2.24, 2.45) is 5.73 Å². The van der Waals surface area contributed by atoms with Crippen molar-refractivity contribution < 1.29 is 4.74 Å². The maximum Gasteiger partial charge on any atom is 0.182 e. The number of ether oxygens (including phenoxy) is 1. The summed E-state index contributed by atoms with van der Waals surface area (Å²) in [6, 6.07) is 0. The lowest BCUT2D eigenvalue weighted by Gasteiger charge is -2.23. The molecule has 0 saturated heterocycles. The van der Waals surface area contributed by atoms with Crippen LogP contribution in [0.4, 0.5) is 0 Å². The molecule has 0 unspecified atom stereocenters. The monoisotopic (exact) mass is 196 g/mol. The van der Waals surface area contributed by atoms with Gasteiger partial charge in [0.2, 0.25) is 0 Å². The number of nitrogens with one attached hydrogen (secondary N) is 1. The molecule has 3 N–H and O–H groups in total. The van der Waals surface area contributed by atoms with Crippen LogP contribution in [0.2, 0.25) is 0 Å². The predicted octanol–water partition coefficient (Wildman–Crippen LogP) is 0.679. The van der Waals surface area contributed by atoms with E-state index in [0.717, 1.165) is 24.5 Å². The first kappa shape index (κ1) is 9.61. The van der Waals surface area contributed by atoms with Crippen LogP contribution in [0.15, 0.2) is 0 Å². The number of nitrogens with two attached hydrogens (primary N) is 1. The Bertz CT molecular complexity index is 304. The van der Waals surface area contributed by atoms with Gasteiger partial charge in [0.15, 0.2) is 5.82 Å². The van der Waals surface area contributed by atoms with Gasteiger partial charge in [0.1, 0.15) is 11.4 Å². The van der Waals surface area contributed by atoms with Crippen LogP contribution in [0.5, 0.6) is 0 Å². The SMILES string of the molecule is COC1(c2n[nH]c(CN)n2)CCCC1. The number of aromatic nitrogens is 3. The molecule has 1 aliphatic carbocycles. The van der Waals surface area contributed by atoms with Crippen LogP contribution in [-0.2, 0) is 16.9 Å². The highest BCUT2D eigenvalue weighted by Gasteiger charge is 2.39. The van der Waals surface area contributed by atoms with Crippen LogP contribution >= 0.6 is 0 Å². The topological polar surface area (TPSA) is 76.8 Å². The van der Waals surface area contributed by atoms with Gasteiger partial charge in [-0.1, -0.05) is 0 Å². The molecule has 0 atom stereocenters. The number of methoxy groups -OCH3 is 1. The van der Waals surface area contributed by atoms with Crippen LogP contribution in [0.25, 0.3) is 0 Å². The lowest BCUT2D eigenvalue weighted by molar-refractivity contribution is -0.0160. The fourth-order valence-electron chi connectivity index (χ4n) is 2.06. The highest BCUT2D eigenvalue weighted by Crippen LogP contribution is 2.39. The summed E-state index contributed by atoms with van der Waals surface area (Å²) in [4.78, 5) is 4.34. The second-order valence-corrected chi connectivity index (χ2v) is 3.72. The molecule has 2 rings (SSSR count). The second kappa shape index (κ2) is 3.67. The Morgan fingerprint density at radius 3 is 2.71 bits per heavy atom. The Morgan fingerprint density at radius 2 is 2.21 bits per heavy atom. The first-order valence-corrected chi connectivity index (χ1v) is 4.98. The van der Waals surface area contributed by atoms with Gasteiger partial charge in [-0.05, 0) is 25.7 Å². The van der Waals surface area contributed by atoms with E-state index in [1.54, 1.807) is 7.11 Å². The minimum absolute atomic E-state index is 0.260. The molecule has 1 fully saturated rings. The highest BCUT2D eigenvalue weighted by molar-refractivity contribution is 5.05. The van der Waals surface area contributed by atoms with Gasteiger partial charge in [-0.3, -0.25) is 5.10 Å². The maximum absolute atomic E-state index is 5.56. The second-order valence-electron chi connectivity index (χ2n) is 3.72. The van der Waals surface area contributed by atoms with Crippen molar-refractivity contribution in [3.8, 4) is 0 Å². The van der Waals surface area contributed by atoms with E-state index < -0.39 is 0 Å². The van der Waals surface area contributed by atoms with E-state index in [4.69, 9.17) is 10.5 Å². The molecule has 1 aliphatic rings. The summed E-state index contributed by atoms with van der Waals surface area (Å²) in [6.45, 7) is 0.396. The van der Waals surface area contributed by atoms with Crippen molar-refractivity contribution in [1.82, 2.24) is 15.2 Å². The van der Waals surface area contributed by atoms with E-state index in [-0.39, 0.29) is 5.60 Å². The maximum atomic E-state index is 5.56. The van der Waals surface area contributed by atoms with Gasteiger partial charge < -0.3 is 10.5 Å². The first-order valence-electron chi connectivity index (χ1n) is 4.98. The van der Waals surface area contributed by atoms with Gasteiger partial charge in [-0.2, -0.15) is 5.10 Å². The molecule has 1 aromatic rings. The van der Waals surface area contributed by atoms with E-state index in [9.17, 15) is 0 Å². The number of nitrogens with zero attached hydrogens (tertiary/aromatic N) is 2. The Balaban J connectivity index is 2.26. The molecule has 0 radical (unpaired) electrons. The summed E-state index contributed by atoms with van der Waals surface area (Å²) in [6.07, 6.45) is 4.37. The molecular weight excluding hydrogens is 180 g/mol. The number of H-pyrrole nitrogens is 1. The lowest BCUT2D eigenvalue weighted by atomic mass is 10.0. The zero-order valence-electron chi connectivity index (χ0n) is 8.42. The van der Waals surface area contributed by atoms with Crippen molar-refractivity contribution in [2.45, 2.75) is 37.8 Å². The largest absolute Gasteiger partial charge is 0.370 e. The Hall–Kier alpha value is -0.940. The zero-order chi connectivity index (χ0) is 10.0. The minimum atomic E-state index is -0.260. The smallest absolute Gasteiger partial charge is 0.182 e. The predicted molar refractivity (Wildman–Crippen MR) is 51.4 cm³/mol. The molecule has 0 aromatic carbocycles. The van der Waals surface area contributed by atoms with Crippen LogP contribution in [0.1, 0.15) is 37.3 Å². The third-order valence-electron chi connectivity index (χ3n) is 2.93. The summed E-state index contributed by atoms with van der Waals surface area (Å²) >= 11 is 0. The summed E-state index contributed by atoms with van der Waals surface area (Å²) in [5.41, 5.74) is 5.21. The fraction of sp³-hybridized carbons (Fsp3) is 0.778. The van der Waals surface area contributed by atoms with E-state index >= 15 is 0 Å². The van der Waals surface area contributed by atoms with Crippen molar-refractivity contribution in [3.63, 3.8) is 0 Å². The molecular formula is C9H16N4O. The Morgan fingerprint density at radius 1 is 1.50 bits per heavy atom. The Kier molecular flexibility index (Phi) is 2.52. The molecule has 0 bridgehead atoms. The van der Waals surface area contributed by atoms with E-state index in [2.05, 4.69) is 15.2 Å². The summed E-state index contributed by atoms with van der Waals surface area (Å²) in [5.74, 6) is 1.49. The molecule has 5 heteroatoms. The molecule has 0 aliphatic heterocycles. The van der Waals surface area contributed by atoms with Crippen LogP contribution in [-0.4, -0.2) is 22.3 Å². The number of hydrogen-bond acceptors (Lipinski definition) is 4. The summed E-state index contributed by atoms with van der Waals surface area (Å²) < 4.78 is 5.56. The number of hydrogen-bond donors (Lipinski definition) is 2. The zero-order valence-corrected chi connectivity index (χ0v) is 8.42. The quantitative estimate of drug-likeness (QED) is 0.745. The molecule has 1 saturated carbocycles. The van der Waals surface area contributed by atoms with Crippen molar-refractivity contribution in [1.29, 1.82) is 0 Å². The van der Waals surface area contributed by atoms with Gasteiger partial charge in [0.05, 0.1) is 6.54 Å². The molecule has 5 nitrogen and oxygen atoms in total. The van der Waals surface area contributed by atoms with Crippen LogP contribution < -0.4 is 5.73 Å². The average Bonchev–Trinajstić information content (AvgIpc) is 2.87. The van der Waals surface area contributed by atoms with Gasteiger partial charge >= 0.3 is 0 Å². The minimum Gasteiger partial charge on any atom is -0.370 e. The third kappa shape index (κ3) is 1.42. The normalized spacial score (nSPS) is 20.1. The molecule has 1 heterocycles. The Labute approximate surface area is 83.1 Å². The van der Waals surface area contributed by atoms with Gasteiger partial charge in [0.25, 0.3) is 0 Å². The van der Waals surface area contributed by atoms with Crippen molar-refractivity contribution in [2.75, 3.05) is 7.11 Å². The van der Waals surface area contributed by atoms with Crippen molar-refractivity contribution in [3.05, 3.63) is 11.6 Å². The lowest BCUT2D eigenvalue weighted by Crippen LogP contribution is -2.26. The van der Waals surface area contributed by atoms with Gasteiger partial charge in [-0.25, -0.2) is 4.98 Å². The summed E-state index contributed by atoms with van der Waals surface area (Å²) in [5, 5.41) is 7.00. The summed E-state index contributed by atoms with van der Waals surface area (Å²) in [7, 11) is 1.73. The number of rotatable bonds is 3.